The van der Waals surface area contributed by atoms with E-state index in [9.17, 15) is 10.1 Å². The summed E-state index contributed by atoms with van der Waals surface area (Å²) in [6, 6.07) is 2.28. The van der Waals surface area contributed by atoms with Gasteiger partial charge in [0.25, 0.3) is 0 Å². The monoisotopic (exact) mass is 276 g/mol. The number of aryl methyl sites for hydroxylation is 1. The average Bonchev–Trinajstić information content (AvgIpc) is 2.64. The van der Waals surface area contributed by atoms with E-state index in [0.29, 0.717) is 11.5 Å². The standard InChI is InChI=1S/C15H20N2OS/c1-9-5-6-12-10(7-9)11(8-16)13(19-12)17-14(18)15(2,3)4/h9H,5-7H2,1-4H3,(H,17,18). The predicted octanol–water partition coefficient (Wildman–Crippen LogP) is 3.73. The number of nitrogens with zero attached hydrogens (tertiary/aromatic N) is 1. The highest BCUT2D eigenvalue weighted by atomic mass is 32.1. The second-order valence-corrected chi connectivity index (χ2v) is 7.48. The van der Waals surface area contributed by atoms with Crippen LogP contribution in [0, 0.1) is 22.7 Å². The lowest BCUT2D eigenvalue weighted by Crippen LogP contribution is -2.27. The van der Waals surface area contributed by atoms with Crippen LogP contribution < -0.4 is 5.32 Å². The molecule has 0 saturated heterocycles. The fraction of sp³-hybridized carbons (Fsp3) is 0.600. The van der Waals surface area contributed by atoms with Crippen molar-refractivity contribution in [1.29, 1.82) is 5.26 Å². The van der Waals surface area contributed by atoms with Crippen molar-refractivity contribution < 1.29 is 4.79 Å². The first kappa shape index (κ1) is 14.1. The molecule has 0 fully saturated rings. The fourth-order valence-corrected chi connectivity index (χ4v) is 3.44. The Hall–Kier alpha value is -1.34. The van der Waals surface area contributed by atoms with Gasteiger partial charge in [-0.05, 0) is 30.7 Å². The summed E-state index contributed by atoms with van der Waals surface area (Å²) in [7, 11) is 0. The van der Waals surface area contributed by atoms with Crippen LogP contribution in [-0.4, -0.2) is 5.91 Å². The summed E-state index contributed by atoms with van der Waals surface area (Å²) in [5.41, 5.74) is 1.41. The van der Waals surface area contributed by atoms with Gasteiger partial charge < -0.3 is 5.32 Å². The maximum atomic E-state index is 12.1. The Balaban J connectivity index is 2.33. The maximum Gasteiger partial charge on any atom is 0.230 e. The van der Waals surface area contributed by atoms with Gasteiger partial charge in [0, 0.05) is 10.3 Å². The number of carbonyl (C=O) groups excluding carboxylic acids is 1. The number of nitrogens with one attached hydrogen (secondary N) is 1. The Morgan fingerprint density at radius 2 is 2.16 bits per heavy atom. The Morgan fingerprint density at radius 3 is 2.74 bits per heavy atom. The van der Waals surface area contributed by atoms with Crippen molar-refractivity contribution in [3.8, 4) is 6.07 Å². The molecule has 0 aromatic carbocycles. The van der Waals surface area contributed by atoms with Gasteiger partial charge >= 0.3 is 0 Å². The van der Waals surface area contributed by atoms with E-state index >= 15 is 0 Å². The summed E-state index contributed by atoms with van der Waals surface area (Å²) in [6.07, 6.45) is 3.16. The number of anilines is 1. The highest BCUT2D eigenvalue weighted by Gasteiger charge is 2.27. The molecule has 1 amide bonds. The van der Waals surface area contributed by atoms with Crippen molar-refractivity contribution in [1.82, 2.24) is 0 Å². The zero-order chi connectivity index (χ0) is 14.2. The van der Waals surface area contributed by atoms with Gasteiger partial charge in [-0.3, -0.25) is 4.79 Å². The summed E-state index contributed by atoms with van der Waals surface area (Å²) < 4.78 is 0. The van der Waals surface area contributed by atoms with Gasteiger partial charge in [0.1, 0.15) is 11.1 Å². The number of amides is 1. The molecule has 1 atom stereocenters. The molecular weight excluding hydrogens is 256 g/mol. The fourth-order valence-electron chi connectivity index (χ4n) is 2.26. The summed E-state index contributed by atoms with van der Waals surface area (Å²) >= 11 is 1.58. The Bertz CT molecular complexity index is 546. The molecule has 0 bridgehead atoms. The molecule has 1 aliphatic rings. The van der Waals surface area contributed by atoms with E-state index in [1.165, 1.54) is 11.3 Å². The average molecular weight is 276 g/mol. The summed E-state index contributed by atoms with van der Waals surface area (Å²) in [5.74, 6) is 0.594. The third-order valence-corrected chi connectivity index (χ3v) is 4.73. The lowest BCUT2D eigenvalue weighted by atomic mass is 9.88. The normalized spacial score (nSPS) is 18.6. The second kappa shape index (κ2) is 4.97. The van der Waals surface area contributed by atoms with Crippen molar-refractivity contribution in [2.24, 2.45) is 11.3 Å². The van der Waals surface area contributed by atoms with Crippen LogP contribution in [0.25, 0.3) is 0 Å². The van der Waals surface area contributed by atoms with Crippen molar-refractivity contribution in [2.75, 3.05) is 5.32 Å². The number of carbonyl (C=O) groups is 1. The van der Waals surface area contributed by atoms with E-state index in [1.54, 1.807) is 11.3 Å². The quantitative estimate of drug-likeness (QED) is 0.849. The van der Waals surface area contributed by atoms with E-state index in [-0.39, 0.29) is 5.91 Å². The van der Waals surface area contributed by atoms with E-state index in [1.807, 2.05) is 20.8 Å². The van der Waals surface area contributed by atoms with Crippen LogP contribution in [-0.2, 0) is 17.6 Å². The molecule has 0 radical (unpaired) electrons. The number of hydrogen-bond acceptors (Lipinski definition) is 3. The molecule has 0 spiro atoms. The largest absolute Gasteiger partial charge is 0.316 e. The number of nitriles is 1. The van der Waals surface area contributed by atoms with E-state index in [2.05, 4.69) is 18.3 Å². The molecule has 19 heavy (non-hydrogen) atoms. The maximum absolute atomic E-state index is 12.1. The van der Waals surface area contributed by atoms with Gasteiger partial charge in [0.2, 0.25) is 5.91 Å². The van der Waals surface area contributed by atoms with Crippen LogP contribution >= 0.6 is 11.3 Å². The topological polar surface area (TPSA) is 52.9 Å². The van der Waals surface area contributed by atoms with Crippen LogP contribution in [0.5, 0.6) is 0 Å². The van der Waals surface area contributed by atoms with Crippen LogP contribution in [0.15, 0.2) is 0 Å². The molecule has 0 aliphatic heterocycles. The molecule has 4 heteroatoms. The molecule has 102 valence electrons. The first-order valence-electron chi connectivity index (χ1n) is 6.69. The number of thiophene rings is 1. The third-order valence-electron chi connectivity index (χ3n) is 3.53. The highest BCUT2D eigenvalue weighted by Crippen LogP contribution is 2.39. The molecule has 1 aliphatic carbocycles. The number of fused-ring (bicyclic) bond motifs is 1. The van der Waals surface area contributed by atoms with E-state index in [4.69, 9.17) is 0 Å². The Kier molecular flexibility index (Phi) is 3.69. The second-order valence-electron chi connectivity index (χ2n) is 6.37. The molecule has 0 saturated carbocycles. The smallest absolute Gasteiger partial charge is 0.230 e. The van der Waals surface area contributed by atoms with Gasteiger partial charge in [0.15, 0.2) is 0 Å². The lowest BCUT2D eigenvalue weighted by Gasteiger charge is -2.18. The van der Waals surface area contributed by atoms with Gasteiger partial charge in [-0.15, -0.1) is 11.3 Å². The number of rotatable bonds is 1. The molecule has 3 nitrogen and oxygen atoms in total. The van der Waals surface area contributed by atoms with Gasteiger partial charge in [-0.2, -0.15) is 5.26 Å². The van der Waals surface area contributed by atoms with Crippen LogP contribution in [0.1, 0.15) is 50.1 Å². The zero-order valence-electron chi connectivity index (χ0n) is 12.0. The molecule has 1 N–H and O–H groups in total. The Morgan fingerprint density at radius 1 is 1.47 bits per heavy atom. The van der Waals surface area contributed by atoms with Crippen molar-refractivity contribution in [3.05, 3.63) is 16.0 Å². The predicted molar refractivity (Wildman–Crippen MR) is 78.3 cm³/mol. The van der Waals surface area contributed by atoms with Crippen molar-refractivity contribution >= 4 is 22.2 Å². The Labute approximate surface area is 118 Å². The van der Waals surface area contributed by atoms with Crippen LogP contribution in [0.2, 0.25) is 0 Å². The minimum absolute atomic E-state index is 0.0318. The summed E-state index contributed by atoms with van der Waals surface area (Å²) in [6.45, 7) is 7.85. The van der Waals surface area contributed by atoms with Crippen molar-refractivity contribution in [2.45, 2.75) is 47.0 Å². The first-order chi connectivity index (χ1) is 8.82. The minimum atomic E-state index is -0.440. The first-order valence-corrected chi connectivity index (χ1v) is 7.50. The van der Waals surface area contributed by atoms with Crippen molar-refractivity contribution in [3.63, 3.8) is 0 Å². The highest BCUT2D eigenvalue weighted by molar-refractivity contribution is 7.16. The molecule has 1 aromatic rings. The molecule has 1 aromatic heterocycles. The lowest BCUT2D eigenvalue weighted by molar-refractivity contribution is -0.123. The van der Waals surface area contributed by atoms with Gasteiger partial charge in [0.05, 0.1) is 5.56 Å². The number of hydrogen-bond donors (Lipinski definition) is 1. The minimum Gasteiger partial charge on any atom is -0.316 e. The zero-order valence-corrected chi connectivity index (χ0v) is 12.8. The molecule has 1 unspecified atom stereocenters. The molecule has 2 rings (SSSR count). The van der Waals surface area contributed by atoms with Crippen LogP contribution in [0.3, 0.4) is 0 Å². The third kappa shape index (κ3) is 2.82. The summed E-state index contributed by atoms with van der Waals surface area (Å²) in [4.78, 5) is 13.3. The summed E-state index contributed by atoms with van der Waals surface area (Å²) in [5, 5.41) is 13.0. The SMILES string of the molecule is CC1CCc2sc(NC(=O)C(C)(C)C)c(C#N)c2C1. The molecule has 1 heterocycles. The van der Waals surface area contributed by atoms with Gasteiger partial charge in [-0.1, -0.05) is 27.7 Å². The van der Waals surface area contributed by atoms with E-state index in [0.717, 1.165) is 23.4 Å². The van der Waals surface area contributed by atoms with Crippen LogP contribution in [0.4, 0.5) is 5.00 Å². The van der Waals surface area contributed by atoms with E-state index < -0.39 is 5.41 Å². The van der Waals surface area contributed by atoms with Gasteiger partial charge in [-0.25, -0.2) is 0 Å². The molecular formula is C15H20N2OS.